The number of nitrogens with zero attached hydrogens (tertiary/aromatic N) is 1. The van der Waals surface area contributed by atoms with Gasteiger partial charge in [0.15, 0.2) is 5.78 Å². The number of ether oxygens (including phenoxy) is 1. The Bertz CT molecular complexity index is 835. The Kier molecular flexibility index (Phi) is 4.93. The molecular formula is C18H18N2O7. The third-order valence-corrected chi connectivity index (χ3v) is 4.73. The van der Waals surface area contributed by atoms with E-state index in [1.165, 1.54) is 12.1 Å². The van der Waals surface area contributed by atoms with Crippen LogP contribution in [0.3, 0.4) is 0 Å². The Morgan fingerprint density at radius 2 is 1.89 bits per heavy atom. The minimum absolute atomic E-state index is 0.0573. The number of hydrogen-bond acceptors (Lipinski definition) is 6. The summed E-state index contributed by atoms with van der Waals surface area (Å²) in [7, 11) is 0. The summed E-state index contributed by atoms with van der Waals surface area (Å²) < 4.78 is 5.00. The normalized spacial score (nSPS) is 24.4. The number of carboxylic acid groups (broad SMARTS) is 1. The monoisotopic (exact) mass is 374 g/mol. The first-order chi connectivity index (χ1) is 12.8. The molecule has 142 valence electrons. The van der Waals surface area contributed by atoms with Gasteiger partial charge in [0.2, 0.25) is 5.91 Å². The summed E-state index contributed by atoms with van der Waals surface area (Å²) in [5, 5.41) is 11.6. The number of nitrogens with one attached hydrogen (secondary N) is 1. The van der Waals surface area contributed by atoms with Crippen molar-refractivity contribution >= 4 is 29.5 Å². The molecule has 1 aromatic rings. The molecule has 1 fully saturated rings. The molecule has 9 heteroatoms. The first kappa shape index (κ1) is 18.6. The van der Waals surface area contributed by atoms with E-state index in [-0.39, 0.29) is 24.2 Å². The highest BCUT2D eigenvalue weighted by Crippen LogP contribution is 2.31. The van der Waals surface area contributed by atoms with E-state index < -0.39 is 54.1 Å². The number of aliphatic carboxylic acids is 1. The van der Waals surface area contributed by atoms with E-state index in [1.54, 1.807) is 19.1 Å². The van der Waals surface area contributed by atoms with Crippen molar-refractivity contribution in [3.05, 3.63) is 35.4 Å². The number of benzene rings is 1. The van der Waals surface area contributed by atoms with Crippen LogP contribution in [0.4, 0.5) is 0 Å². The second kappa shape index (κ2) is 7.18. The molecule has 0 aliphatic carbocycles. The zero-order valence-corrected chi connectivity index (χ0v) is 14.5. The summed E-state index contributed by atoms with van der Waals surface area (Å²) in [6.45, 7) is 1.09. The Hall–Kier alpha value is -3.23. The molecule has 9 nitrogen and oxygen atoms in total. The molecule has 2 unspecified atom stereocenters. The second-order valence-corrected chi connectivity index (χ2v) is 6.33. The Balaban J connectivity index is 2.03. The van der Waals surface area contributed by atoms with Crippen LogP contribution >= 0.6 is 0 Å². The zero-order valence-electron chi connectivity index (χ0n) is 14.5. The van der Waals surface area contributed by atoms with Gasteiger partial charge in [0.05, 0.1) is 18.2 Å². The van der Waals surface area contributed by atoms with E-state index in [0.717, 1.165) is 4.90 Å². The summed E-state index contributed by atoms with van der Waals surface area (Å²) in [6, 6.07) is 4.23. The average molecular weight is 374 g/mol. The van der Waals surface area contributed by atoms with E-state index in [2.05, 4.69) is 5.32 Å². The Labute approximate surface area is 154 Å². The van der Waals surface area contributed by atoms with Crippen LogP contribution in [-0.2, 0) is 19.1 Å². The molecule has 3 atom stereocenters. The number of hydrogen-bond donors (Lipinski definition) is 2. The quantitative estimate of drug-likeness (QED) is 0.426. The molecule has 0 spiro atoms. The highest BCUT2D eigenvalue weighted by Gasteiger charge is 2.52. The van der Waals surface area contributed by atoms with Crippen molar-refractivity contribution in [2.24, 2.45) is 5.92 Å². The highest BCUT2D eigenvalue weighted by atomic mass is 16.5. The van der Waals surface area contributed by atoms with Gasteiger partial charge in [-0.05, 0) is 19.4 Å². The molecule has 0 saturated carbocycles. The molecule has 27 heavy (non-hydrogen) atoms. The van der Waals surface area contributed by atoms with Gasteiger partial charge in [-0.3, -0.25) is 24.0 Å². The topological polar surface area (TPSA) is 130 Å². The van der Waals surface area contributed by atoms with Crippen LogP contribution in [-0.4, -0.2) is 64.8 Å². The number of esters is 1. The molecule has 2 N–H and O–H groups in total. The van der Waals surface area contributed by atoms with E-state index in [1.807, 2.05) is 0 Å². The van der Waals surface area contributed by atoms with Crippen LogP contribution in [0.2, 0.25) is 0 Å². The molecule has 0 aromatic heterocycles. The van der Waals surface area contributed by atoms with Crippen molar-refractivity contribution < 1.29 is 33.8 Å². The molecule has 1 aromatic carbocycles. The average Bonchev–Trinajstić information content (AvgIpc) is 2.68. The minimum Gasteiger partial charge on any atom is -0.480 e. The number of carbonyl (C=O) groups excluding carboxylic acids is 4. The van der Waals surface area contributed by atoms with E-state index in [9.17, 15) is 24.0 Å². The number of Topliss-reactive ketones (excluding diaryl/α,β-unsaturated/α-hetero) is 1. The fourth-order valence-electron chi connectivity index (χ4n) is 3.46. The summed E-state index contributed by atoms with van der Waals surface area (Å²) in [5.41, 5.74) is 0.119. The standard InChI is InChI=1S/C18H18N2O7/c1-2-27-18(26)11-7-12-14(17(25)20(12)8-13(21)22)19-16(24)10-6-4-3-5-9(10)15(11)23/h3-6,11-12,14H,2,7-8H2,1H3,(H,19,24)(H,21,22)/t11?,12-,14?/m0/s1. The fraction of sp³-hybridized carbons (Fsp3) is 0.389. The van der Waals surface area contributed by atoms with E-state index >= 15 is 0 Å². The van der Waals surface area contributed by atoms with Gasteiger partial charge in [0.1, 0.15) is 18.5 Å². The molecule has 0 radical (unpaired) electrons. The number of ketones is 1. The van der Waals surface area contributed by atoms with Crippen LogP contribution in [0.15, 0.2) is 24.3 Å². The number of carbonyl (C=O) groups is 5. The third-order valence-electron chi connectivity index (χ3n) is 4.73. The van der Waals surface area contributed by atoms with E-state index in [0.29, 0.717) is 0 Å². The number of β-lactam (4-membered cyclic amide) rings is 1. The zero-order chi connectivity index (χ0) is 19.7. The van der Waals surface area contributed by atoms with Gasteiger partial charge < -0.3 is 20.1 Å². The molecule has 2 aliphatic heterocycles. The predicted molar refractivity (Wildman–Crippen MR) is 89.9 cm³/mol. The second-order valence-electron chi connectivity index (χ2n) is 6.33. The van der Waals surface area contributed by atoms with Crippen LogP contribution in [0.5, 0.6) is 0 Å². The molecule has 2 aliphatic rings. The van der Waals surface area contributed by atoms with Crippen LogP contribution < -0.4 is 5.32 Å². The number of carboxylic acids is 1. The molecule has 2 amide bonds. The molecule has 3 rings (SSSR count). The van der Waals surface area contributed by atoms with Gasteiger partial charge in [-0.25, -0.2) is 0 Å². The number of fused-ring (bicyclic) bond motifs is 2. The number of likely N-dealkylation sites (tertiary alicyclic amines) is 1. The van der Waals surface area contributed by atoms with Gasteiger partial charge in [-0.2, -0.15) is 0 Å². The molecule has 2 heterocycles. The summed E-state index contributed by atoms with van der Waals surface area (Å²) in [4.78, 5) is 62.3. The van der Waals surface area contributed by atoms with Crippen LogP contribution in [0.25, 0.3) is 0 Å². The van der Waals surface area contributed by atoms with Crippen LogP contribution in [0.1, 0.15) is 34.1 Å². The lowest BCUT2D eigenvalue weighted by Gasteiger charge is -2.46. The van der Waals surface area contributed by atoms with Gasteiger partial charge in [-0.1, -0.05) is 18.2 Å². The van der Waals surface area contributed by atoms with Crippen molar-refractivity contribution in [1.29, 1.82) is 0 Å². The summed E-state index contributed by atoms with van der Waals surface area (Å²) in [6.07, 6.45) is -0.129. The predicted octanol–water partition coefficient (Wildman–Crippen LogP) is -0.154. The Morgan fingerprint density at radius 1 is 1.22 bits per heavy atom. The number of rotatable bonds is 4. The van der Waals surface area contributed by atoms with Crippen molar-refractivity contribution in [2.75, 3.05) is 13.2 Å². The van der Waals surface area contributed by atoms with Gasteiger partial charge >= 0.3 is 11.9 Å². The lowest BCUT2D eigenvalue weighted by Crippen LogP contribution is -2.71. The minimum atomic E-state index is -1.24. The van der Waals surface area contributed by atoms with Crippen molar-refractivity contribution in [3.8, 4) is 0 Å². The fourth-order valence-corrected chi connectivity index (χ4v) is 3.46. The maximum Gasteiger partial charge on any atom is 0.323 e. The first-order valence-electron chi connectivity index (χ1n) is 8.48. The summed E-state index contributed by atoms with van der Waals surface area (Å²) in [5.74, 6) is -5.01. The maximum absolute atomic E-state index is 13.0. The maximum atomic E-state index is 13.0. The SMILES string of the molecule is CCOC(=O)C1C[C@H]2C(NC(=O)c3ccccc3C1=O)C(=O)N2CC(=O)O. The van der Waals surface area contributed by atoms with Crippen molar-refractivity contribution in [2.45, 2.75) is 25.4 Å². The lowest BCUT2D eigenvalue weighted by atomic mass is 9.83. The van der Waals surface area contributed by atoms with Gasteiger partial charge in [0.25, 0.3) is 5.91 Å². The highest BCUT2D eigenvalue weighted by molar-refractivity contribution is 6.15. The number of amides is 2. The largest absolute Gasteiger partial charge is 0.480 e. The van der Waals surface area contributed by atoms with Crippen LogP contribution in [0, 0.1) is 5.92 Å². The van der Waals surface area contributed by atoms with E-state index in [4.69, 9.17) is 9.84 Å². The summed E-state index contributed by atoms with van der Waals surface area (Å²) >= 11 is 0. The lowest BCUT2D eigenvalue weighted by molar-refractivity contribution is -0.160. The van der Waals surface area contributed by atoms with Crippen molar-refractivity contribution in [3.63, 3.8) is 0 Å². The third kappa shape index (κ3) is 3.27. The Morgan fingerprint density at radius 3 is 2.52 bits per heavy atom. The van der Waals surface area contributed by atoms with Crippen molar-refractivity contribution in [1.82, 2.24) is 10.2 Å². The molecule has 0 bridgehead atoms. The first-order valence-corrected chi connectivity index (χ1v) is 8.48. The molecule has 1 saturated heterocycles. The van der Waals surface area contributed by atoms with Gasteiger partial charge in [-0.15, -0.1) is 0 Å². The smallest absolute Gasteiger partial charge is 0.323 e. The molecular weight excluding hydrogens is 356 g/mol. The van der Waals surface area contributed by atoms with Gasteiger partial charge in [0, 0.05) is 5.56 Å².